The topological polar surface area (TPSA) is 56.6 Å². The zero-order valence-electron chi connectivity index (χ0n) is 29.9. The van der Waals surface area contributed by atoms with Gasteiger partial charge in [0.15, 0.2) is 0 Å². The van der Waals surface area contributed by atoms with Crippen LogP contribution in [0.3, 0.4) is 0 Å². The van der Waals surface area contributed by atoms with Crippen LogP contribution in [0, 0.1) is 0 Å². The van der Waals surface area contributed by atoms with E-state index in [2.05, 4.69) is 123 Å². The van der Waals surface area contributed by atoms with Gasteiger partial charge in [0.2, 0.25) is 0 Å². The zero-order chi connectivity index (χ0) is 33.1. The molecule has 0 bridgehead atoms. The normalized spacial score (nSPS) is 13.1. The van der Waals surface area contributed by atoms with E-state index in [0.29, 0.717) is 31.1 Å². The van der Waals surface area contributed by atoms with Gasteiger partial charge in [0, 0.05) is 48.1 Å². The van der Waals surface area contributed by atoms with Gasteiger partial charge >= 0.3 is 0 Å². The van der Waals surface area contributed by atoms with E-state index < -0.39 is 0 Å². The molecular weight excluding hydrogens is 540 g/mol. The van der Waals surface area contributed by atoms with Crippen molar-refractivity contribution in [3.05, 3.63) is 87.7 Å². The number of rotatable bonds is 14. The standard InChI is InChI=1S/C40H60N2O2/c1-13-37(5,6)30-21-28(35(43)33(23-30)39(9,10)15-3)25-42(27-32-19-17-18-20-41-32)26-29-22-31(38(7,8)14-2)24-34(36(29)44)40(11,12)16-4/h17-24,43-44H,13-16,25-27H2,1-12H3. The Morgan fingerprint density at radius 2 is 0.977 bits per heavy atom. The Labute approximate surface area is 269 Å². The largest absolute Gasteiger partial charge is 0.507 e. The molecule has 1 heterocycles. The van der Waals surface area contributed by atoms with Crippen LogP contribution in [0.1, 0.15) is 148 Å². The smallest absolute Gasteiger partial charge is 0.123 e. The second-order valence-electron chi connectivity index (χ2n) is 15.5. The van der Waals surface area contributed by atoms with E-state index in [0.717, 1.165) is 53.6 Å². The summed E-state index contributed by atoms with van der Waals surface area (Å²) in [5.74, 6) is 0.771. The van der Waals surface area contributed by atoms with Crippen LogP contribution >= 0.6 is 0 Å². The third-order valence-corrected chi connectivity index (χ3v) is 10.8. The first-order valence-corrected chi connectivity index (χ1v) is 16.8. The zero-order valence-corrected chi connectivity index (χ0v) is 29.9. The number of hydrogen-bond donors (Lipinski definition) is 2. The number of phenolic OH excluding ortho intramolecular Hbond substituents is 2. The van der Waals surface area contributed by atoms with E-state index in [1.807, 2.05) is 18.3 Å². The highest BCUT2D eigenvalue weighted by Gasteiger charge is 2.31. The lowest BCUT2D eigenvalue weighted by Crippen LogP contribution is -2.26. The van der Waals surface area contributed by atoms with Crippen LogP contribution in [0.15, 0.2) is 48.7 Å². The van der Waals surface area contributed by atoms with Gasteiger partial charge in [-0.25, -0.2) is 0 Å². The molecule has 0 saturated carbocycles. The van der Waals surface area contributed by atoms with Crippen LogP contribution in [-0.2, 0) is 41.3 Å². The molecule has 0 fully saturated rings. The van der Waals surface area contributed by atoms with E-state index in [4.69, 9.17) is 0 Å². The Balaban J connectivity index is 2.23. The Bertz CT molecular complexity index is 1320. The predicted octanol–water partition coefficient (Wildman–Crippen LogP) is 10.4. The van der Waals surface area contributed by atoms with Gasteiger partial charge < -0.3 is 10.2 Å². The average Bonchev–Trinajstić information content (AvgIpc) is 2.99. The molecule has 0 aliphatic carbocycles. The lowest BCUT2D eigenvalue weighted by Gasteiger charge is -2.33. The molecule has 0 saturated heterocycles. The summed E-state index contributed by atoms with van der Waals surface area (Å²) in [6, 6.07) is 14.9. The van der Waals surface area contributed by atoms with Crippen LogP contribution in [0.4, 0.5) is 0 Å². The maximum absolute atomic E-state index is 11.8. The van der Waals surface area contributed by atoms with Gasteiger partial charge in [-0.05, 0) is 70.6 Å². The van der Waals surface area contributed by atoms with Gasteiger partial charge in [0.1, 0.15) is 11.5 Å². The van der Waals surface area contributed by atoms with Crippen LogP contribution < -0.4 is 0 Å². The fraction of sp³-hybridized carbons (Fsp3) is 0.575. The first-order valence-electron chi connectivity index (χ1n) is 16.8. The van der Waals surface area contributed by atoms with Gasteiger partial charge in [-0.3, -0.25) is 9.88 Å². The van der Waals surface area contributed by atoms with Crippen molar-refractivity contribution in [3.63, 3.8) is 0 Å². The summed E-state index contributed by atoms with van der Waals surface area (Å²) < 4.78 is 0. The second kappa shape index (κ2) is 13.6. The fourth-order valence-electron chi connectivity index (χ4n) is 5.60. The summed E-state index contributed by atoms with van der Waals surface area (Å²) in [5.41, 5.74) is 6.97. The Morgan fingerprint density at radius 3 is 1.32 bits per heavy atom. The highest BCUT2D eigenvalue weighted by Crippen LogP contribution is 2.43. The maximum atomic E-state index is 11.8. The quantitative estimate of drug-likeness (QED) is 0.193. The summed E-state index contributed by atoms with van der Waals surface area (Å²) >= 11 is 0. The first kappa shape index (κ1) is 35.6. The van der Waals surface area contributed by atoms with E-state index in [9.17, 15) is 10.2 Å². The molecule has 0 aliphatic rings. The molecule has 0 atom stereocenters. The lowest BCUT2D eigenvalue weighted by atomic mass is 9.75. The molecule has 0 unspecified atom stereocenters. The van der Waals surface area contributed by atoms with Crippen molar-refractivity contribution in [3.8, 4) is 11.5 Å². The third kappa shape index (κ3) is 7.86. The van der Waals surface area contributed by atoms with Crippen LogP contribution in [0.5, 0.6) is 11.5 Å². The molecule has 4 nitrogen and oxygen atoms in total. The van der Waals surface area contributed by atoms with E-state index in [1.165, 1.54) is 11.1 Å². The number of phenols is 2. The maximum Gasteiger partial charge on any atom is 0.123 e. The Morgan fingerprint density at radius 1 is 0.568 bits per heavy atom. The number of hydrogen-bond acceptors (Lipinski definition) is 4. The van der Waals surface area contributed by atoms with E-state index in [-0.39, 0.29) is 21.7 Å². The van der Waals surface area contributed by atoms with Crippen molar-refractivity contribution < 1.29 is 10.2 Å². The summed E-state index contributed by atoms with van der Waals surface area (Å²) in [5, 5.41) is 23.7. The van der Waals surface area contributed by atoms with Gasteiger partial charge in [-0.2, -0.15) is 0 Å². The third-order valence-electron chi connectivity index (χ3n) is 10.8. The van der Waals surface area contributed by atoms with Gasteiger partial charge in [0.25, 0.3) is 0 Å². The number of benzene rings is 2. The van der Waals surface area contributed by atoms with Crippen molar-refractivity contribution >= 4 is 0 Å². The minimum atomic E-state index is -0.163. The molecule has 2 N–H and O–H groups in total. The molecule has 0 aliphatic heterocycles. The van der Waals surface area contributed by atoms with E-state index in [1.54, 1.807) is 0 Å². The van der Waals surface area contributed by atoms with Crippen molar-refractivity contribution in [2.45, 2.75) is 150 Å². The molecule has 44 heavy (non-hydrogen) atoms. The molecule has 3 aromatic rings. The monoisotopic (exact) mass is 600 g/mol. The predicted molar refractivity (Wildman–Crippen MR) is 187 cm³/mol. The van der Waals surface area contributed by atoms with Crippen molar-refractivity contribution in [1.29, 1.82) is 0 Å². The molecule has 242 valence electrons. The highest BCUT2D eigenvalue weighted by molar-refractivity contribution is 5.51. The number of nitrogens with zero attached hydrogens (tertiary/aromatic N) is 2. The number of pyridine rings is 1. The number of aromatic nitrogens is 1. The van der Waals surface area contributed by atoms with Crippen molar-refractivity contribution in [1.82, 2.24) is 9.88 Å². The molecule has 2 aromatic carbocycles. The van der Waals surface area contributed by atoms with Gasteiger partial charge in [-0.1, -0.05) is 113 Å². The van der Waals surface area contributed by atoms with Crippen molar-refractivity contribution in [2.24, 2.45) is 0 Å². The molecular formula is C40H60N2O2. The summed E-state index contributed by atoms with van der Waals surface area (Å²) in [6.07, 6.45) is 5.70. The highest BCUT2D eigenvalue weighted by atomic mass is 16.3. The molecule has 0 amide bonds. The molecule has 3 rings (SSSR count). The van der Waals surface area contributed by atoms with Gasteiger partial charge in [0.05, 0.1) is 5.69 Å². The van der Waals surface area contributed by atoms with Gasteiger partial charge in [-0.15, -0.1) is 0 Å². The Kier molecular flexibility index (Phi) is 11.1. The van der Waals surface area contributed by atoms with Crippen molar-refractivity contribution in [2.75, 3.05) is 0 Å². The summed E-state index contributed by atoms with van der Waals surface area (Å²) in [6.45, 7) is 28.5. The molecule has 0 radical (unpaired) electrons. The van der Waals surface area contributed by atoms with Crippen LogP contribution in [-0.4, -0.2) is 20.1 Å². The fourth-order valence-corrected chi connectivity index (χ4v) is 5.60. The Hall–Kier alpha value is -2.85. The first-order chi connectivity index (χ1) is 20.4. The summed E-state index contributed by atoms with van der Waals surface area (Å²) in [4.78, 5) is 6.98. The van der Waals surface area contributed by atoms with Crippen LogP contribution in [0.25, 0.3) is 0 Å². The molecule has 4 heteroatoms. The van der Waals surface area contributed by atoms with E-state index >= 15 is 0 Å². The number of aromatic hydroxyl groups is 2. The summed E-state index contributed by atoms with van der Waals surface area (Å²) in [7, 11) is 0. The molecule has 0 spiro atoms. The minimum Gasteiger partial charge on any atom is -0.507 e. The SMILES string of the molecule is CCC(C)(C)c1cc(CN(Cc2ccccn2)Cc2cc(C(C)(C)CC)cc(C(C)(C)CC)c2O)c(O)c(C(C)(C)CC)c1. The second-order valence-corrected chi connectivity index (χ2v) is 15.5. The lowest BCUT2D eigenvalue weighted by molar-refractivity contribution is 0.236. The average molecular weight is 601 g/mol. The minimum absolute atomic E-state index is 0.0220. The molecule has 1 aromatic heterocycles. The van der Waals surface area contributed by atoms with Crippen LogP contribution in [0.2, 0.25) is 0 Å².